The minimum Gasteiger partial charge on any atom is -0.465 e. The van der Waals surface area contributed by atoms with Crippen LogP contribution in [0, 0.1) is 0 Å². The summed E-state index contributed by atoms with van der Waals surface area (Å²) in [6.45, 7) is 5.23. The third kappa shape index (κ3) is 4.96. The van der Waals surface area contributed by atoms with Gasteiger partial charge in [-0.2, -0.15) is 9.78 Å². The molecule has 4 rings (SSSR count). The molecule has 2 aromatic heterocycles. The summed E-state index contributed by atoms with van der Waals surface area (Å²) in [5.41, 5.74) is 0.951. The Morgan fingerprint density at radius 2 is 1.86 bits per heavy atom. The summed E-state index contributed by atoms with van der Waals surface area (Å²) in [4.78, 5) is 37.7. The van der Waals surface area contributed by atoms with Gasteiger partial charge in [-0.15, -0.1) is 10.2 Å². The Hall–Kier alpha value is -4.32. The molecule has 2 heterocycles. The summed E-state index contributed by atoms with van der Waals surface area (Å²) in [7, 11) is 1.30. The zero-order valence-corrected chi connectivity index (χ0v) is 20.1. The molecule has 0 aliphatic rings. The molecule has 0 unspecified atom stereocenters. The van der Waals surface area contributed by atoms with Gasteiger partial charge in [0.05, 0.1) is 30.1 Å². The van der Waals surface area contributed by atoms with Crippen molar-refractivity contribution in [3.63, 3.8) is 0 Å². The van der Waals surface area contributed by atoms with Gasteiger partial charge < -0.3 is 14.6 Å². The first kappa shape index (κ1) is 23.8. The van der Waals surface area contributed by atoms with Crippen molar-refractivity contribution in [2.75, 3.05) is 12.0 Å². The molecule has 0 spiro atoms. The number of aromatic nitrogens is 4. The quantitative estimate of drug-likeness (QED) is 0.390. The number of ether oxygens (including phenoxy) is 2. The molecule has 0 aliphatic carbocycles. The number of carboxylic acid groups (broad SMARTS) is 1. The molecule has 0 radical (unpaired) electrons. The maximum atomic E-state index is 13.2. The SMILES string of the molecule is COC(=O)c1cccc(-c2nnc(N(C(=O)OC(C)(C)C)c3ccc4c(cnn4C(=O)O)c3)s2)c1. The summed E-state index contributed by atoms with van der Waals surface area (Å²) < 4.78 is 11.2. The Kier molecular flexibility index (Phi) is 6.22. The summed E-state index contributed by atoms with van der Waals surface area (Å²) in [5.74, 6) is -0.484. The molecule has 0 fully saturated rings. The number of carbonyl (C=O) groups excluding carboxylic acids is 2. The molecule has 12 heteroatoms. The number of hydrogen-bond acceptors (Lipinski definition) is 9. The van der Waals surface area contributed by atoms with Gasteiger partial charge in [-0.25, -0.2) is 19.3 Å². The van der Waals surface area contributed by atoms with E-state index in [1.54, 1.807) is 63.2 Å². The standard InChI is InChI=1S/C23H21N5O6S/c1-23(2,3)34-22(32)27(16-8-9-17-15(11-16)12-24-28(17)21(30)31)20-26-25-18(35-20)13-6-5-7-14(10-13)19(29)33-4/h5-12H,1-4H3,(H,30,31). The maximum Gasteiger partial charge on any atom is 0.432 e. The van der Waals surface area contributed by atoms with E-state index < -0.39 is 23.8 Å². The van der Waals surface area contributed by atoms with E-state index in [4.69, 9.17) is 9.47 Å². The highest BCUT2D eigenvalue weighted by molar-refractivity contribution is 7.18. The fraction of sp³-hybridized carbons (Fsp3) is 0.217. The van der Waals surface area contributed by atoms with Gasteiger partial charge in [-0.05, 0) is 51.1 Å². The molecule has 35 heavy (non-hydrogen) atoms. The van der Waals surface area contributed by atoms with Crippen LogP contribution in [0.25, 0.3) is 21.5 Å². The van der Waals surface area contributed by atoms with Crippen LogP contribution in [-0.4, -0.2) is 56.0 Å². The molecule has 0 bridgehead atoms. The highest BCUT2D eigenvalue weighted by Crippen LogP contribution is 2.35. The van der Waals surface area contributed by atoms with Crippen molar-refractivity contribution < 1.29 is 29.0 Å². The second-order valence-electron chi connectivity index (χ2n) is 8.36. The third-order valence-electron chi connectivity index (χ3n) is 4.70. The number of benzene rings is 2. The second kappa shape index (κ2) is 9.14. The molecule has 4 aromatic rings. The lowest BCUT2D eigenvalue weighted by atomic mass is 10.1. The van der Waals surface area contributed by atoms with Gasteiger partial charge in [0, 0.05) is 10.9 Å². The van der Waals surface area contributed by atoms with E-state index in [9.17, 15) is 19.5 Å². The Balaban J connectivity index is 1.77. The molecule has 0 atom stereocenters. The predicted molar refractivity (Wildman–Crippen MR) is 128 cm³/mol. The van der Waals surface area contributed by atoms with E-state index in [0.29, 0.717) is 32.7 Å². The van der Waals surface area contributed by atoms with Crippen molar-refractivity contribution in [2.24, 2.45) is 0 Å². The van der Waals surface area contributed by atoms with E-state index in [2.05, 4.69) is 15.3 Å². The van der Waals surface area contributed by atoms with Crippen molar-refractivity contribution in [2.45, 2.75) is 26.4 Å². The Labute approximate surface area is 203 Å². The number of methoxy groups -OCH3 is 1. The number of fused-ring (bicyclic) bond motifs is 1. The zero-order chi connectivity index (χ0) is 25.3. The molecule has 180 valence electrons. The monoisotopic (exact) mass is 495 g/mol. The predicted octanol–water partition coefficient (Wildman–Crippen LogP) is 4.94. The molecular weight excluding hydrogens is 474 g/mol. The van der Waals surface area contributed by atoms with E-state index in [0.717, 1.165) is 16.0 Å². The smallest absolute Gasteiger partial charge is 0.432 e. The van der Waals surface area contributed by atoms with E-state index >= 15 is 0 Å². The summed E-state index contributed by atoms with van der Waals surface area (Å²) in [6.07, 6.45) is -0.516. The Bertz CT molecular complexity index is 1440. The van der Waals surface area contributed by atoms with E-state index in [1.807, 2.05) is 0 Å². The largest absolute Gasteiger partial charge is 0.465 e. The fourth-order valence-electron chi connectivity index (χ4n) is 3.23. The third-order valence-corrected chi connectivity index (χ3v) is 5.66. The normalized spacial score (nSPS) is 11.3. The number of esters is 1. The molecule has 1 amide bonds. The van der Waals surface area contributed by atoms with Crippen molar-refractivity contribution in [3.05, 3.63) is 54.2 Å². The van der Waals surface area contributed by atoms with Crippen LogP contribution in [0.4, 0.5) is 20.4 Å². The van der Waals surface area contributed by atoms with Crippen LogP contribution in [0.5, 0.6) is 0 Å². The van der Waals surface area contributed by atoms with Crippen molar-refractivity contribution in [1.82, 2.24) is 20.0 Å². The molecule has 11 nitrogen and oxygen atoms in total. The van der Waals surface area contributed by atoms with Crippen LogP contribution in [0.15, 0.2) is 48.7 Å². The van der Waals surface area contributed by atoms with E-state index in [-0.39, 0.29) is 5.13 Å². The minimum absolute atomic E-state index is 0.225. The van der Waals surface area contributed by atoms with Crippen LogP contribution >= 0.6 is 11.3 Å². The summed E-state index contributed by atoms with van der Waals surface area (Å²) in [6, 6.07) is 11.4. The Morgan fingerprint density at radius 1 is 1.09 bits per heavy atom. The number of amides is 1. The first-order chi connectivity index (χ1) is 16.6. The van der Waals surface area contributed by atoms with Gasteiger partial charge in [-0.1, -0.05) is 23.5 Å². The van der Waals surface area contributed by atoms with Gasteiger partial charge in [0.2, 0.25) is 5.13 Å². The topological polar surface area (TPSA) is 137 Å². The number of anilines is 2. The van der Waals surface area contributed by atoms with Crippen LogP contribution in [0.1, 0.15) is 31.1 Å². The van der Waals surface area contributed by atoms with Gasteiger partial charge in [0.15, 0.2) is 0 Å². The average molecular weight is 496 g/mol. The van der Waals surface area contributed by atoms with Crippen molar-refractivity contribution >= 4 is 51.2 Å². The van der Waals surface area contributed by atoms with Crippen molar-refractivity contribution in [3.8, 4) is 10.6 Å². The second-order valence-corrected chi connectivity index (χ2v) is 9.32. The first-order valence-corrected chi connectivity index (χ1v) is 11.2. The highest BCUT2D eigenvalue weighted by atomic mass is 32.1. The maximum absolute atomic E-state index is 13.2. The molecule has 0 saturated heterocycles. The van der Waals surface area contributed by atoms with E-state index in [1.165, 1.54) is 18.2 Å². The molecule has 0 saturated carbocycles. The fourth-order valence-corrected chi connectivity index (χ4v) is 4.09. The van der Waals surface area contributed by atoms with Gasteiger partial charge in [0.25, 0.3) is 0 Å². The first-order valence-electron chi connectivity index (χ1n) is 10.3. The lowest BCUT2D eigenvalue weighted by molar-refractivity contribution is 0.0590. The molecule has 0 aliphatic heterocycles. The van der Waals surface area contributed by atoms with Crippen LogP contribution in [0.3, 0.4) is 0 Å². The number of nitrogens with zero attached hydrogens (tertiary/aromatic N) is 5. The van der Waals surface area contributed by atoms with Gasteiger partial charge in [-0.3, -0.25) is 0 Å². The molecular formula is C23H21N5O6S. The van der Waals surface area contributed by atoms with Crippen LogP contribution < -0.4 is 4.90 Å². The lowest BCUT2D eigenvalue weighted by Crippen LogP contribution is -2.33. The summed E-state index contributed by atoms with van der Waals surface area (Å²) >= 11 is 1.12. The minimum atomic E-state index is -1.22. The highest BCUT2D eigenvalue weighted by Gasteiger charge is 2.28. The van der Waals surface area contributed by atoms with Crippen LogP contribution in [0.2, 0.25) is 0 Å². The van der Waals surface area contributed by atoms with Gasteiger partial charge >= 0.3 is 18.2 Å². The molecule has 2 aromatic carbocycles. The lowest BCUT2D eigenvalue weighted by Gasteiger charge is -2.25. The number of hydrogen-bond donors (Lipinski definition) is 1. The number of carbonyl (C=O) groups is 3. The average Bonchev–Trinajstić information content (AvgIpc) is 3.45. The van der Waals surface area contributed by atoms with Crippen LogP contribution in [-0.2, 0) is 9.47 Å². The number of rotatable bonds is 4. The van der Waals surface area contributed by atoms with Crippen molar-refractivity contribution in [1.29, 1.82) is 0 Å². The summed E-state index contributed by atoms with van der Waals surface area (Å²) in [5, 5.41) is 22.8. The zero-order valence-electron chi connectivity index (χ0n) is 19.3. The van der Waals surface area contributed by atoms with Gasteiger partial charge in [0.1, 0.15) is 10.6 Å². The molecule has 1 N–H and O–H groups in total. The Morgan fingerprint density at radius 3 is 2.54 bits per heavy atom.